The molecule has 2 aliphatic carbocycles. The molecular formula is C21H28N2. The average Bonchev–Trinajstić information content (AvgIpc) is 3.36. The summed E-state index contributed by atoms with van der Waals surface area (Å²) in [6.45, 7) is 4.60. The zero-order valence-electron chi connectivity index (χ0n) is 14.3. The van der Waals surface area contributed by atoms with Crippen LogP contribution in [0.1, 0.15) is 62.0 Å². The molecular weight excluding hydrogens is 280 g/mol. The van der Waals surface area contributed by atoms with E-state index in [4.69, 9.17) is 0 Å². The van der Waals surface area contributed by atoms with Crippen LogP contribution in [0.25, 0.3) is 0 Å². The zero-order chi connectivity index (χ0) is 15.9. The maximum absolute atomic E-state index is 9.69. The summed E-state index contributed by atoms with van der Waals surface area (Å²) in [5.41, 5.74) is 2.91. The maximum Gasteiger partial charge on any atom is 0.0693 e. The fourth-order valence-corrected chi connectivity index (χ4v) is 5.00. The second-order valence-electron chi connectivity index (χ2n) is 8.16. The van der Waals surface area contributed by atoms with Crippen LogP contribution in [0.4, 0.5) is 0 Å². The molecule has 0 aromatic heterocycles. The molecule has 1 aromatic rings. The summed E-state index contributed by atoms with van der Waals surface area (Å²) >= 11 is 0. The number of likely N-dealkylation sites (tertiary alicyclic amines) is 1. The van der Waals surface area contributed by atoms with E-state index in [2.05, 4.69) is 42.2 Å². The van der Waals surface area contributed by atoms with Gasteiger partial charge in [0.1, 0.15) is 0 Å². The molecule has 0 radical (unpaired) electrons. The second kappa shape index (κ2) is 5.95. The highest BCUT2D eigenvalue weighted by molar-refractivity contribution is 5.25. The van der Waals surface area contributed by atoms with E-state index in [-0.39, 0.29) is 5.41 Å². The van der Waals surface area contributed by atoms with Gasteiger partial charge in [0.2, 0.25) is 0 Å². The van der Waals surface area contributed by atoms with Crippen molar-refractivity contribution in [1.82, 2.24) is 4.90 Å². The monoisotopic (exact) mass is 308 g/mol. The Morgan fingerprint density at radius 2 is 1.74 bits per heavy atom. The van der Waals surface area contributed by atoms with E-state index in [1.807, 2.05) is 0 Å². The molecule has 0 spiro atoms. The van der Waals surface area contributed by atoms with Gasteiger partial charge >= 0.3 is 0 Å². The third-order valence-corrected chi connectivity index (χ3v) is 6.70. The van der Waals surface area contributed by atoms with Crippen molar-refractivity contribution in [2.75, 3.05) is 13.1 Å². The number of piperidine rings is 1. The van der Waals surface area contributed by atoms with Gasteiger partial charge in [0.05, 0.1) is 11.5 Å². The summed E-state index contributed by atoms with van der Waals surface area (Å²) in [5.74, 6) is 1.46. The normalized spacial score (nSPS) is 32.8. The Balaban J connectivity index is 1.35. The van der Waals surface area contributed by atoms with Gasteiger partial charge in [-0.15, -0.1) is 0 Å². The SMILES string of the molecule is Cc1ccc(C2CCN(C3CCC(C#N)(C4CC4)C3)CC2)cc1. The summed E-state index contributed by atoms with van der Waals surface area (Å²) < 4.78 is 0. The summed E-state index contributed by atoms with van der Waals surface area (Å²) in [4.78, 5) is 2.70. The fraction of sp³-hybridized carbons (Fsp3) is 0.667. The molecule has 0 N–H and O–H groups in total. The molecule has 122 valence electrons. The summed E-state index contributed by atoms with van der Waals surface area (Å²) in [7, 11) is 0. The quantitative estimate of drug-likeness (QED) is 0.813. The molecule has 0 bridgehead atoms. The van der Waals surface area contributed by atoms with Gasteiger partial charge in [-0.1, -0.05) is 29.8 Å². The van der Waals surface area contributed by atoms with Crippen molar-refractivity contribution in [1.29, 1.82) is 5.26 Å². The first-order chi connectivity index (χ1) is 11.2. The second-order valence-corrected chi connectivity index (χ2v) is 8.16. The van der Waals surface area contributed by atoms with Gasteiger partial charge in [-0.25, -0.2) is 0 Å². The average molecular weight is 308 g/mol. The van der Waals surface area contributed by atoms with Gasteiger partial charge in [-0.3, -0.25) is 0 Å². The number of nitriles is 1. The zero-order valence-corrected chi connectivity index (χ0v) is 14.3. The molecule has 2 nitrogen and oxygen atoms in total. The van der Waals surface area contributed by atoms with Crippen LogP contribution in [0.5, 0.6) is 0 Å². The molecule has 3 aliphatic rings. The summed E-state index contributed by atoms with van der Waals surface area (Å²) in [5, 5.41) is 9.69. The van der Waals surface area contributed by atoms with Crippen molar-refractivity contribution in [2.24, 2.45) is 11.3 Å². The van der Waals surface area contributed by atoms with Crippen molar-refractivity contribution < 1.29 is 0 Å². The predicted molar refractivity (Wildman–Crippen MR) is 93.1 cm³/mol. The van der Waals surface area contributed by atoms with Crippen LogP contribution in [0.2, 0.25) is 0 Å². The van der Waals surface area contributed by atoms with Crippen LogP contribution in [-0.4, -0.2) is 24.0 Å². The number of aryl methyl sites for hydroxylation is 1. The van der Waals surface area contributed by atoms with E-state index in [0.29, 0.717) is 6.04 Å². The minimum atomic E-state index is 0.0402. The first kappa shape index (κ1) is 15.2. The molecule has 1 heterocycles. The first-order valence-corrected chi connectivity index (χ1v) is 9.42. The van der Waals surface area contributed by atoms with E-state index >= 15 is 0 Å². The maximum atomic E-state index is 9.69. The van der Waals surface area contributed by atoms with E-state index in [0.717, 1.165) is 24.7 Å². The van der Waals surface area contributed by atoms with Crippen LogP contribution < -0.4 is 0 Å². The van der Waals surface area contributed by atoms with E-state index < -0.39 is 0 Å². The number of hydrogen-bond acceptors (Lipinski definition) is 2. The lowest BCUT2D eigenvalue weighted by Gasteiger charge is -2.36. The van der Waals surface area contributed by atoms with Crippen molar-refractivity contribution in [2.45, 2.75) is 63.8 Å². The molecule has 1 aromatic carbocycles. The molecule has 1 aliphatic heterocycles. The Morgan fingerprint density at radius 1 is 1.04 bits per heavy atom. The first-order valence-electron chi connectivity index (χ1n) is 9.42. The smallest absolute Gasteiger partial charge is 0.0693 e. The highest BCUT2D eigenvalue weighted by Crippen LogP contribution is 2.55. The van der Waals surface area contributed by atoms with E-state index in [9.17, 15) is 5.26 Å². The molecule has 2 unspecified atom stereocenters. The Labute approximate surface area is 140 Å². The Bertz CT molecular complexity index is 587. The molecule has 1 saturated heterocycles. The molecule has 2 heteroatoms. The van der Waals surface area contributed by atoms with Gasteiger partial charge in [0.25, 0.3) is 0 Å². The fourth-order valence-electron chi connectivity index (χ4n) is 5.00. The molecule has 3 fully saturated rings. The predicted octanol–water partition coefficient (Wildman–Crippen LogP) is 4.65. The van der Waals surface area contributed by atoms with Gasteiger partial charge in [-0.2, -0.15) is 5.26 Å². The Morgan fingerprint density at radius 3 is 2.35 bits per heavy atom. The summed E-state index contributed by atoms with van der Waals surface area (Å²) in [6.07, 6.45) is 8.70. The van der Waals surface area contributed by atoms with Gasteiger partial charge in [0.15, 0.2) is 0 Å². The molecule has 2 atom stereocenters. The van der Waals surface area contributed by atoms with Gasteiger partial charge in [-0.05, 0) is 82.4 Å². The van der Waals surface area contributed by atoms with Crippen LogP contribution in [-0.2, 0) is 0 Å². The van der Waals surface area contributed by atoms with Crippen molar-refractivity contribution in [3.8, 4) is 6.07 Å². The van der Waals surface area contributed by atoms with Crippen LogP contribution in [0.3, 0.4) is 0 Å². The Kier molecular flexibility index (Phi) is 3.93. The largest absolute Gasteiger partial charge is 0.300 e. The topological polar surface area (TPSA) is 27.0 Å². The number of nitrogens with zero attached hydrogens (tertiary/aromatic N) is 2. The minimum absolute atomic E-state index is 0.0402. The van der Waals surface area contributed by atoms with E-state index in [1.54, 1.807) is 0 Å². The number of benzene rings is 1. The minimum Gasteiger partial charge on any atom is -0.300 e. The highest BCUT2D eigenvalue weighted by Gasteiger charge is 2.51. The number of hydrogen-bond donors (Lipinski definition) is 0. The number of rotatable bonds is 3. The lowest BCUT2D eigenvalue weighted by atomic mass is 9.82. The summed E-state index contributed by atoms with van der Waals surface area (Å²) in [6, 6.07) is 12.5. The lowest BCUT2D eigenvalue weighted by Crippen LogP contribution is -2.40. The van der Waals surface area contributed by atoms with Crippen molar-refractivity contribution in [3.05, 3.63) is 35.4 Å². The van der Waals surface area contributed by atoms with Crippen molar-refractivity contribution >= 4 is 0 Å². The molecule has 4 rings (SSSR count). The molecule has 2 saturated carbocycles. The standard InChI is InChI=1S/C21H28N2/c1-16-2-4-17(5-3-16)18-9-12-23(13-10-18)20-8-11-21(14-20,15-22)19-6-7-19/h2-5,18-20H,6-14H2,1H3. The van der Waals surface area contributed by atoms with Gasteiger partial charge in [0, 0.05) is 6.04 Å². The third kappa shape index (κ3) is 2.92. The highest BCUT2D eigenvalue weighted by atomic mass is 15.2. The van der Waals surface area contributed by atoms with Gasteiger partial charge < -0.3 is 4.90 Å². The third-order valence-electron chi connectivity index (χ3n) is 6.70. The van der Waals surface area contributed by atoms with Crippen LogP contribution >= 0.6 is 0 Å². The van der Waals surface area contributed by atoms with Crippen LogP contribution in [0.15, 0.2) is 24.3 Å². The lowest BCUT2D eigenvalue weighted by molar-refractivity contribution is 0.145. The molecule has 23 heavy (non-hydrogen) atoms. The molecule has 0 amide bonds. The van der Waals surface area contributed by atoms with E-state index in [1.165, 1.54) is 56.3 Å². The van der Waals surface area contributed by atoms with Crippen LogP contribution in [0, 0.1) is 29.6 Å². The Hall–Kier alpha value is -1.33. The van der Waals surface area contributed by atoms with Crippen molar-refractivity contribution in [3.63, 3.8) is 0 Å².